The summed E-state index contributed by atoms with van der Waals surface area (Å²) in [5, 5.41) is 6.68. The molecule has 8 heteroatoms. The van der Waals surface area contributed by atoms with Crippen molar-refractivity contribution in [2.24, 2.45) is 5.16 Å². The van der Waals surface area contributed by atoms with Gasteiger partial charge in [-0.05, 0) is 28.8 Å². The van der Waals surface area contributed by atoms with Crippen molar-refractivity contribution in [2.75, 3.05) is 18.0 Å². The largest absolute Gasteiger partial charge is 0.442 e. The molecule has 0 bridgehead atoms. The van der Waals surface area contributed by atoms with E-state index in [4.69, 9.17) is 9.57 Å². The standard InChI is InChI=1S/C25H24N4O4/c1-18(30)26-15-23-16-29(25(31)33-23)24-12-11-22(14-27-24)21-9-7-19(8-10-21)13-28-32-17-20-5-3-2-4-6-20/h2-14,23H,15-17H2,1H3,(H,26,30)/b28-13+/t23-/m0/s1. The van der Waals surface area contributed by atoms with Gasteiger partial charge in [0.2, 0.25) is 5.91 Å². The molecule has 0 unspecified atom stereocenters. The van der Waals surface area contributed by atoms with E-state index >= 15 is 0 Å². The number of anilines is 1. The lowest BCUT2D eigenvalue weighted by Gasteiger charge is -2.12. The van der Waals surface area contributed by atoms with E-state index < -0.39 is 12.2 Å². The third-order valence-electron chi connectivity index (χ3n) is 5.07. The minimum absolute atomic E-state index is 0.163. The van der Waals surface area contributed by atoms with Crippen LogP contribution < -0.4 is 10.2 Å². The number of rotatable bonds is 8. The molecule has 3 aromatic rings. The molecule has 33 heavy (non-hydrogen) atoms. The van der Waals surface area contributed by atoms with Gasteiger partial charge in [0.05, 0.1) is 19.3 Å². The first-order valence-corrected chi connectivity index (χ1v) is 10.6. The molecule has 1 aromatic heterocycles. The van der Waals surface area contributed by atoms with Crippen LogP contribution in [0.5, 0.6) is 0 Å². The first-order chi connectivity index (χ1) is 16.1. The highest BCUT2D eigenvalue weighted by molar-refractivity contribution is 5.89. The lowest BCUT2D eigenvalue weighted by atomic mass is 10.1. The van der Waals surface area contributed by atoms with Gasteiger partial charge in [0.1, 0.15) is 18.5 Å². The summed E-state index contributed by atoms with van der Waals surface area (Å²) in [6, 6.07) is 21.4. The molecular weight excluding hydrogens is 420 g/mol. The molecule has 1 N–H and O–H groups in total. The molecule has 8 nitrogen and oxygen atoms in total. The normalized spacial score (nSPS) is 15.5. The smallest absolute Gasteiger partial charge is 0.416 e. The Kier molecular flexibility index (Phi) is 6.94. The molecule has 2 aromatic carbocycles. The third kappa shape index (κ3) is 5.94. The summed E-state index contributed by atoms with van der Waals surface area (Å²) in [5.41, 5.74) is 3.89. The second kappa shape index (κ2) is 10.4. The van der Waals surface area contributed by atoms with Crippen molar-refractivity contribution in [3.63, 3.8) is 0 Å². The van der Waals surface area contributed by atoms with Crippen molar-refractivity contribution in [3.05, 3.63) is 84.1 Å². The van der Waals surface area contributed by atoms with E-state index in [1.807, 2.05) is 60.7 Å². The number of hydrogen-bond acceptors (Lipinski definition) is 6. The molecule has 1 aliphatic heterocycles. The zero-order chi connectivity index (χ0) is 23.0. The molecular formula is C25H24N4O4. The summed E-state index contributed by atoms with van der Waals surface area (Å²) >= 11 is 0. The number of pyridine rings is 1. The highest BCUT2D eigenvalue weighted by Crippen LogP contribution is 2.24. The monoisotopic (exact) mass is 444 g/mol. The Hall–Kier alpha value is -4.20. The minimum Gasteiger partial charge on any atom is -0.442 e. The summed E-state index contributed by atoms with van der Waals surface area (Å²) in [6.45, 7) is 2.47. The average Bonchev–Trinajstić information content (AvgIpc) is 3.22. The zero-order valence-corrected chi connectivity index (χ0v) is 18.2. The highest BCUT2D eigenvalue weighted by Gasteiger charge is 2.33. The molecule has 2 heterocycles. The van der Waals surface area contributed by atoms with Crippen molar-refractivity contribution in [1.29, 1.82) is 0 Å². The van der Waals surface area contributed by atoms with Gasteiger partial charge in [-0.2, -0.15) is 0 Å². The molecule has 2 amide bonds. The Labute approximate surface area is 191 Å². The second-order valence-electron chi connectivity index (χ2n) is 7.57. The number of ether oxygens (including phenoxy) is 1. The summed E-state index contributed by atoms with van der Waals surface area (Å²) in [7, 11) is 0. The van der Waals surface area contributed by atoms with Crippen molar-refractivity contribution in [1.82, 2.24) is 10.3 Å². The van der Waals surface area contributed by atoms with Crippen molar-refractivity contribution >= 4 is 24.0 Å². The van der Waals surface area contributed by atoms with Gasteiger partial charge < -0.3 is 14.9 Å². The Morgan fingerprint density at radius 2 is 1.91 bits per heavy atom. The number of nitrogens with one attached hydrogen (secondary N) is 1. The molecule has 0 spiro atoms. The van der Waals surface area contributed by atoms with Crippen molar-refractivity contribution < 1.29 is 19.2 Å². The predicted octanol–water partition coefficient (Wildman–Crippen LogP) is 3.76. The van der Waals surface area contributed by atoms with E-state index in [0.29, 0.717) is 19.0 Å². The molecule has 168 valence electrons. The van der Waals surface area contributed by atoms with Gasteiger partial charge in [-0.15, -0.1) is 0 Å². The van der Waals surface area contributed by atoms with Crippen LogP contribution in [0.25, 0.3) is 11.1 Å². The van der Waals surface area contributed by atoms with E-state index in [9.17, 15) is 9.59 Å². The maximum absolute atomic E-state index is 12.1. The molecule has 0 radical (unpaired) electrons. The second-order valence-corrected chi connectivity index (χ2v) is 7.57. The van der Waals surface area contributed by atoms with E-state index in [-0.39, 0.29) is 12.5 Å². The maximum Gasteiger partial charge on any atom is 0.416 e. The van der Waals surface area contributed by atoms with Crippen LogP contribution in [0.1, 0.15) is 18.1 Å². The van der Waals surface area contributed by atoms with Crippen LogP contribution >= 0.6 is 0 Å². The number of carbonyl (C=O) groups excluding carboxylic acids is 2. The number of benzene rings is 2. The van der Waals surface area contributed by atoms with Gasteiger partial charge in [0, 0.05) is 18.7 Å². The summed E-state index contributed by atoms with van der Waals surface area (Å²) in [6.07, 6.45) is 2.53. The summed E-state index contributed by atoms with van der Waals surface area (Å²) in [5.74, 6) is 0.345. The Morgan fingerprint density at radius 1 is 1.15 bits per heavy atom. The summed E-state index contributed by atoms with van der Waals surface area (Å²) in [4.78, 5) is 34.4. The fourth-order valence-corrected chi connectivity index (χ4v) is 3.33. The van der Waals surface area contributed by atoms with Gasteiger partial charge in [-0.3, -0.25) is 9.69 Å². The van der Waals surface area contributed by atoms with Crippen LogP contribution in [0.3, 0.4) is 0 Å². The molecule has 1 fully saturated rings. The minimum atomic E-state index is -0.469. The molecule has 1 aliphatic rings. The Bertz CT molecular complexity index is 1120. The molecule has 0 aliphatic carbocycles. The average molecular weight is 444 g/mol. The van der Waals surface area contributed by atoms with E-state index in [1.165, 1.54) is 11.8 Å². The topological polar surface area (TPSA) is 93.1 Å². The number of nitrogens with zero attached hydrogens (tertiary/aromatic N) is 3. The van der Waals surface area contributed by atoms with Gasteiger partial charge in [0.15, 0.2) is 0 Å². The number of cyclic esters (lactones) is 1. The first-order valence-electron chi connectivity index (χ1n) is 10.6. The van der Waals surface area contributed by atoms with E-state index in [1.54, 1.807) is 18.5 Å². The number of hydrogen-bond donors (Lipinski definition) is 1. The van der Waals surface area contributed by atoms with Gasteiger partial charge >= 0.3 is 6.09 Å². The van der Waals surface area contributed by atoms with E-state index in [2.05, 4.69) is 15.5 Å². The highest BCUT2D eigenvalue weighted by atomic mass is 16.6. The molecule has 1 saturated heterocycles. The first kappa shape index (κ1) is 22.0. The lowest BCUT2D eigenvalue weighted by Crippen LogP contribution is -2.33. The predicted molar refractivity (Wildman–Crippen MR) is 125 cm³/mol. The van der Waals surface area contributed by atoms with E-state index in [0.717, 1.165) is 22.3 Å². The fraction of sp³-hybridized carbons (Fsp3) is 0.200. The Balaban J connectivity index is 1.33. The van der Waals surface area contributed by atoms with Crippen LogP contribution in [-0.4, -0.2) is 42.4 Å². The van der Waals surface area contributed by atoms with Gasteiger partial charge in [0.25, 0.3) is 0 Å². The number of amides is 2. The van der Waals surface area contributed by atoms with Gasteiger partial charge in [-0.1, -0.05) is 59.8 Å². The number of oxime groups is 1. The SMILES string of the molecule is CC(=O)NC[C@H]1CN(c2ccc(-c3ccc(/C=N/OCc4ccccc4)cc3)cn2)C(=O)O1. The molecule has 4 rings (SSSR count). The number of aromatic nitrogens is 1. The van der Waals surface area contributed by atoms with Crippen LogP contribution in [0.2, 0.25) is 0 Å². The Morgan fingerprint density at radius 3 is 2.61 bits per heavy atom. The zero-order valence-electron chi connectivity index (χ0n) is 18.2. The fourth-order valence-electron chi connectivity index (χ4n) is 3.33. The maximum atomic E-state index is 12.1. The van der Waals surface area contributed by atoms with Crippen molar-refractivity contribution in [3.8, 4) is 11.1 Å². The van der Waals surface area contributed by atoms with Crippen LogP contribution in [0.15, 0.2) is 78.1 Å². The van der Waals surface area contributed by atoms with Gasteiger partial charge in [-0.25, -0.2) is 9.78 Å². The lowest BCUT2D eigenvalue weighted by molar-refractivity contribution is -0.119. The van der Waals surface area contributed by atoms with Crippen LogP contribution in [0.4, 0.5) is 10.6 Å². The molecule has 0 saturated carbocycles. The number of carbonyl (C=O) groups is 2. The third-order valence-corrected chi connectivity index (χ3v) is 5.07. The van der Waals surface area contributed by atoms with Crippen molar-refractivity contribution in [2.45, 2.75) is 19.6 Å². The van der Waals surface area contributed by atoms with Crippen LogP contribution in [0, 0.1) is 0 Å². The molecule has 1 atom stereocenters. The quantitative estimate of drug-likeness (QED) is 0.422. The summed E-state index contributed by atoms with van der Waals surface area (Å²) < 4.78 is 5.28. The van der Waals surface area contributed by atoms with Crippen LogP contribution in [-0.2, 0) is 21.0 Å².